The van der Waals surface area contributed by atoms with Crippen LogP contribution in [0.15, 0.2) is 11.1 Å². The molecule has 0 spiro atoms. The lowest BCUT2D eigenvalue weighted by molar-refractivity contribution is -0.142. The minimum Gasteiger partial charge on any atom is -0.478 e. The molecule has 0 amide bonds. The van der Waals surface area contributed by atoms with Gasteiger partial charge in [0.05, 0.1) is 24.7 Å². The first-order valence-electron chi connectivity index (χ1n) is 5.73. The van der Waals surface area contributed by atoms with Gasteiger partial charge < -0.3 is 14.9 Å². The van der Waals surface area contributed by atoms with E-state index < -0.39 is 24.3 Å². The van der Waals surface area contributed by atoms with Crippen molar-refractivity contribution in [2.24, 2.45) is 5.92 Å². The second-order valence-electron chi connectivity index (χ2n) is 4.24. The second-order valence-corrected chi connectivity index (χ2v) is 4.24. The molecule has 1 fully saturated rings. The summed E-state index contributed by atoms with van der Waals surface area (Å²) in [5, 5.41) is 18.2. The maximum absolute atomic E-state index is 11.2. The highest BCUT2D eigenvalue weighted by atomic mass is 16.5. The van der Waals surface area contributed by atoms with Gasteiger partial charge in [-0.1, -0.05) is 12.8 Å². The van der Waals surface area contributed by atoms with Crippen LogP contribution in [-0.2, 0) is 19.1 Å². The zero-order chi connectivity index (χ0) is 13.7. The Morgan fingerprint density at radius 1 is 1.11 bits per heavy atom. The third kappa shape index (κ3) is 3.32. The number of hydrogen-bond donors (Lipinski definition) is 2. The number of carbonyl (C=O) groups excluding carboxylic acids is 1. The molecule has 6 nitrogen and oxygen atoms in total. The maximum atomic E-state index is 11.2. The fourth-order valence-corrected chi connectivity index (χ4v) is 2.27. The number of hydrogen-bond acceptors (Lipinski definition) is 4. The van der Waals surface area contributed by atoms with Gasteiger partial charge in [0, 0.05) is 0 Å². The largest absolute Gasteiger partial charge is 0.478 e. The number of aliphatic carboxylic acids is 2. The summed E-state index contributed by atoms with van der Waals surface area (Å²) in [5.74, 6) is -3.66. The molecule has 0 heterocycles. The molecule has 1 aliphatic rings. The average Bonchev–Trinajstić information content (AvgIpc) is 2.80. The van der Waals surface area contributed by atoms with E-state index >= 15 is 0 Å². The minimum atomic E-state index is -1.37. The summed E-state index contributed by atoms with van der Waals surface area (Å²) < 4.78 is 4.39. The van der Waals surface area contributed by atoms with Crippen molar-refractivity contribution in [3.05, 3.63) is 11.1 Å². The molecule has 1 rings (SSSR count). The van der Waals surface area contributed by atoms with Gasteiger partial charge in [-0.15, -0.1) is 0 Å². The summed E-state index contributed by atoms with van der Waals surface area (Å²) >= 11 is 0. The summed E-state index contributed by atoms with van der Waals surface area (Å²) in [6.45, 7) is 0. The smallest absolute Gasteiger partial charge is 0.332 e. The molecule has 0 bridgehead atoms. The highest BCUT2D eigenvalue weighted by Gasteiger charge is 2.31. The molecule has 0 aromatic rings. The van der Waals surface area contributed by atoms with Crippen LogP contribution in [0.5, 0.6) is 0 Å². The highest BCUT2D eigenvalue weighted by molar-refractivity contribution is 6.02. The van der Waals surface area contributed by atoms with Gasteiger partial charge in [-0.3, -0.25) is 4.79 Å². The molecule has 18 heavy (non-hydrogen) atoms. The first-order valence-corrected chi connectivity index (χ1v) is 5.73. The van der Waals surface area contributed by atoms with E-state index in [1.54, 1.807) is 0 Å². The van der Waals surface area contributed by atoms with E-state index in [0.29, 0.717) is 12.8 Å². The molecule has 6 heteroatoms. The van der Waals surface area contributed by atoms with E-state index in [-0.39, 0.29) is 17.1 Å². The Labute approximate surface area is 104 Å². The SMILES string of the molecule is COC(=O)C/C(C(=O)O)=C(\C(=O)O)C1CCCC1. The van der Waals surface area contributed by atoms with E-state index in [0.717, 1.165) is 20.0 Å². The quantitative estimate of drug-likeness (QED) is 0.566. The molecule has 1 saturated carbocycles. The van der Waals surface area contributed by atoms with Gasteiger partial charge in [0.2, 0.25) is 0 Å². The van der Waals surface area contributed by atoms with Crippen molar-refractivity contribution >= 4 is 17.9 Å². The average molecular weight is 256 g/mol. The normalized spacial score (nSPS) is 17.2. The molecule has 0 unspecified atom stereocenters. The second kappa shape index (κ2) is 6.18. The van der Waals surface area contributed by atoms with Crippen LogP contribution in [-0.4, -0.2) is 35.2 Å². The molecule has 1 aliphatic carbocycles. The first-order chi connectivity index (χ1) is 8.47. The zero-order valence-corrected chi connectivity index (χ0v) is 10.1. The van der Waals surface area contributed by atoms with Gasteiger partial charge in [-0.05, 0) is 18.8 Å². The number of rotatable bonds is 5. The summed E-state index contributed by atoms with van der Waals surface area (Å²) in [5.41, 5.74) is -0.508. The van der Waals surface area contributed by atoms with Gasteiger partial charge in [-0.2, -0.15) is 0 Å². The Morgan fingerprint density at radius 3 is 2.06 bits per heavy atom. The van der Waals surface area contributed by atoms with E-state index in [4.69, 9.17) is 10.2 Å². The predicted molar refractivity (Wildman–Crippen MR) is 60.9 cm³/mol. The number of ether oxygens (including phenoxy) is 1. The molecule has 0 radical (unpaired) electrons. The molecule has 0 atom stereocenters. The van der Waals surface area contributed by atoms with Crippen LogP contribution < -0.4 is 0 Å². The van der Waals surface area contributed by atoms with Crippen LogP contribution >= 0.6 is 0 Å². The first kappa shape index (κ1) is 14.2. The predicted octanol–water partition coefficient (Wildman–Crippen LogP) is 1.21. The van der Waals surface area contributed by atoms with Crippen molar-refractivity contribution < 1.29 is 29.3 Å². The number of esters is 1. The summed E-state index contributed by atoms with van der Waals surface area (Å²) in [6, 6.07) is 0. The number of carboxylic acids is 2. The van der Waals surface area contributed by atoms with Crippen molar-refractivity contribution in [3.63, 3.8) is 0 Å². The van der Waals surface area contributed by atoms with Gasteiger partial charge >= 0.3 is 17.9 Å². The van der Waals surface area contributed by atoms with Crippen molar-refractivity contribution in [2.75, 3.05) is 7.11 Å². The van der Waals surface area contributed by atoms with E-state index in [9.17, 15) is 14.4 Å². The molecule has 2 N–H and O–H groups in total. The summed E-state index contributed by atoms with van der Waals surface area (Å²) in [4.78, 5) is 33.5. The van der Waals surface area contributed by atoms with Crippen LogP contribution in [0, 0.1) is 5.92 Å². The molecule has 0 saturated heterocycles. The number of methoxy groups -OCH3 is 1. The van der Waals surface area contributed by atoms with Gasteiger partial charge in [-0.25, -0.2) is 9.59 Å². The molecule has 0 aliphatic heterocycles. The Bertz CT molecular complexity index is 389. The molecule has 100 valence electrons. The van der Waals surface area contributed by atoms with Crippen LogP contribution in [0.4, 0.5) is 0 Å². The number of carboxylic acid groups (broad SMARTS) is 2. The number of carbonyl (C=O) groups is 3. The third-order valence-corrected chi connectivity index (χ3v) is 3.13. The van der Waals surface area contributed by atoms with E-state index in [2.05, 4.69) is 4.74 Å². The van der Waals surface area contributed by atoms with Crippen LogP contribution in [0.2, 0.25) is 0 Å². The lowest BCUT2D eigenvalue weighted by atomic mass is 9.91. The maximum Gasteiger partial charge on any atom is 0.332 e. The van der Waals surface area contributed by atoms with Gasteiger partial charge in [0.25, 0.3) is 0 Å². The Balaban J connectivity index is 3.12. The van der Waals surface area contributed by atoms with Crippen LogP contribution in [0.3, 0.4) is 0 Å². The zero-order valence-electron chi connectivity index (χ0n) is 10.1. The lowest BCUT2D eigenvalue weighted by Gasteiger charge is -2.14. The van der Waals surface area contributed by atoms with Gasteiger partial charge in [0.1, 0.15) is 0 Å². The Hall–Kier alpha value is -1.85. The van der Waals surface area contributed by atoms with Crippen LogP contribution in [0.1, 0.15) is 32.1 Å². The monoisotopic (exact) mass is 256 g/mol. The molecular formula is C12H16O6. The molecule has 0 aromatic carbocycles. The summed E-state index contributed by atoms with van der Waals surface area (Å²) in [7, 11) is 1.14. The fraction of sp³-hybridized carbons (Fsp3) is 0.583. The van der Waals surface area contributed by atoms with Crippen molar-refractivity contribution in [3.8, 4) is 0 Å². The minimum absolute atomic E-state index is 0.148. The fourth-order valence-electron chi connectivity index (χ4n) is 2.27. The van der Waals surface area contributed by atoms with Crippen molar-refractivity contribution in [2.45, 2.75) is 32.1 Å². The van der Waals surface area contributed by atoms with Crippen LogP contribution in [0.25, 0.3) is 0 Å². The van der Waals surface area contributed by atoms with E-state index in [1.165, 1.54) is 0 Å². The third-order valence-electron chi connectivity index (χ3n) is 3.13. The lowest BCUT2D eigenvalue weighted by Crippen LogP contribution is -2.19. The highest BCUT2D eigenvalue weighted by Crippen LogP contribution is 2.33. The standard InChI is InChI=1S/C12H16O6/c1-18-9(13)6-8(11(14)15)10(12(16)17)7-4-2-3-5-7/h7H,2-6H2,1H3,(H,14,15)(H,16,17)/b10-8+. The van der Waals surface area contributed by atoms with E-state index in [1.807, 2.05) is 0 Å². The molecular weight excluding hydrogens is 240 g/mol. The van der Waals surface area contributed by atoms with Crippen molar-refractivity contribution in [1.82, 2.24) is 0 Å². The Kier molecular flexibility index (Phi) is 4.88. The van der Waals surface area contributed by atoms with Gasteiger partial charge in [0.15, 0.2) is 0 Å². The Morgan fingerprint density at radius 2 is 1.67 bits per heavy atom. The molecule has 0 aromatic heterocycles. The summed E-state index contributed by atoms with van der Waals surface area (Å²) in [6.07, 6.45) is 2.56. The topological polar surface area (TPSA) is 101 Å². The van der Waals surface area contributed by atoms with Crippen molar-refractivity contribution in [1.29, 1.82) is 0 Å².